The zero-order chi connectivity index (χ0) is 24.3. The van der Waals surface area contributed by atoms with Gasteiger partial charge in [0, 0.05) is 34.8 Å². The van der Waals surface area contributed by atoms with Gasteiger partial charge in [-0.3, -0.25) is 4.57 Å². The highest BCUT2D eigenvalue weighted by atomic mass is 19.4. The molecule has 5 nitrogen and oxygen atoms in total. The number of carbonyl (C=O) groups is 1. The van der Waals surface area contributed by atoms with E-state index in [2.05, 4.69) is 23.9 Å². The molecule has 0 radical (unpaired) electrons. The minimum Gasteiger partial charge on any atom is -0.406 e. The van der Waals surface area contributed by atoms with Crippen molar-refractivity contribution in [3.8, 4) is 28.1 Å². The molecule has 1 atom stereocenters. The van der Waals surface area contributed by atoms with Gasteiger partial charge in [0.15, 0.2) is 0 Å². The fourth-order valence-electron chi connectivity index (χ4n) is 4.73. The van der Waals surface area contributed by atoms with E-state index in [0.717, 1.165) is 35.2 Å². The van der Waals surface area contributed by atoms with Crippen LogP contribution >= 0.6 is 0 Å². The number of amides is 1. The highest BCUT2D eigenvalue weighted by molar-refractivity contribution is 5.93. The van der Waals surface area contributed by atoms with E-state index in [1.54, 1.807) is 10.6 Å². The molecule has 0 saturated heterocycles. The van der Waals surface area contributed by atoms with Gasteiger partial charge in [-0.2, -0.15) is 0 Å². The van der Waals surface area contributed by atoms with Crippen LogP contribution in [0.15, 0.2) is 54.6 Å². The van der Waals surface area contributed by atoms with Crippen LogP contribution in [0.2, 0.25) is 0 Å². The van der Waals surface area contributed by atoms with Crippen molar-refractivity contribution in [3.05, 3.63) is 65.9 Å². The lowest BCUT2D eigenvalue weighted by Gasteiger charge is -2.28. The zero-order valence-electron chi connectivity index (χ0n) is 18.9. The Morgan fingerprint density at radius 1 is 1.09 bits per heavy atom. The first-order chi connectivity index (χ1) is 16.1. The Bertz CT molecular complexity index is 1240. The summed E-state index contributed by atoms with van der Waals surface area (Å²) in [5, 5.41) is 2.93. The number of carbonyl (C=O) groups excluding carboxylic acids is 1. The molecule has 8 heteroatoms. The molecular formula is C26H26F3N3O2. The highest BCUT2D eigenvalue weighted by Crippen LogP contribution is 2.45. The van der Waals surface area contributed by atoms with Gasteiger partial charge in [-0.15, -0.1) is 13.2 Å². The maximum atomic E-state index is 13.0. The molecule has 1 aliphatic heterocycles. The van der Waals surface area contributed by atoms with Crippen LogP contribution < -0.4 is 15.8 Å². The Labute approximate surface area is 195 Å². The van der Waals surface area contributed by atoms with Crippen molar-refractivity contribution in [3.63, 3.8) is 0 Å². The normalized spacial score (nSPS) is 19.0. The van der Waals surface area contributed by atoms with Gasteiger partial charge in [-0.05, 0) is 48.1 Å². The molecule has 1 fully saturated rings. The van der Waals surface area contributed by atoms with Gasteiger partial charge in [-0.25, -0.2) is 4.79 Å². The largest absolute Gasteiger partial charge is 0.573 e. The summed E-state index contributed by atoms with van der Waals surface area (Å²) in [5.74, 6) is -0.0145. The standard InChI is InChI=1S/C26H26F3N3O2/c1-15(2)21-14-31-24(33)32-22(21)13-20(16-6-8-18(9-7-16)25(30)10-11-25)23(32)17-4-3-5-19(12-17)34-26(27,28)29/h3-9,12-13,15,21H,10-11,14,30H2,1-2H3,(H,31,33)/t21-/m1/s1. The molecule has 1 aliphatic carbocycles. The van der Waals surface area contributed by atoms with Crippen LogP contribution in [0.3, 0.4) is 0 Å². The minimum absolute atomic E-state index is 0.0675. The van der Waals surface area contributed by atoms with Gasteiger partial charge >= 0.3 is 12.4 Å². The Hall–Kier alpha value is -3.26. The Kier molecular flexibility index (Phi) is 5.24. The maximum Gasteiger partial charge on any atom is 0.573 e. The summed E-state index contributed by atoms with van der Waals surface area (Å²) in [6.07, 6.45) is -2.92. The van der Waals surface area contributed by atoms with Crippen molar-refractivity contribution in [2.75, 3.05) is 6.54 Å². The molecule has 0 spiro atoms. The molecule has 3 N–H and O–H groups in total. The second kappa shape index (κ2) is 7.91. The van der Waals surface area contributed by atoms with Gasteiger partial charge < -0.3 is 15.8 Å². The van der Waals surface area contributed by atoms with Gasteiger partial charge in [-0.1, -0.05) is 50.2 Å². The fraction of sp³-hybridized carbons (Fsp3) is 0.346. The number of halogens is 3. The lowest BCUT2D eigenvalue weighted by atomic mass is 9.91. The number of benzene rings is 2. The molecule has 2 heterocycles. The number of hydrogen-bond acceptors (Lipinski definition) is 3. The molecule has 3 aromatic rings. The lowest BCUT2D eigenvalue weighted by molar-refractivity contribution is -0.274. The van der Waals surface area contributed by atoms with Gasteiger partial charge in [0.25, 0.3) is 0 Å². The Balaban J connectivity index is 1.68. The lowest BCUT2D eigenvalue weighted by Crippen LogP contribution is -2.41. The van der Waals surface area contributed by atoms with Gasteiger partial charge in [0.2, 0.25) is 0 Å². The van der Waals surface area contributed by atoms with Crippen molar-refractivity contribution in [1.82, 2.24) is 9.88 Å². The molecule has 0 bridgehead atoms. The number of nitrogens with one attached hydrogen (secondary N) is 1. The second-order valence-electron chi connectivity index (χ2n) is 9.51. The molecular weight excluding hydrogens is 443 g/mol. The van der Waals surface area contributed by atoms with Gasteiger partial charge in [0.1, 0.15) is 5.75 Å². The van der Waals surface area contributed by atoms with Crippen LogP contribution in [0.25, 0.3) is 22.4 Å². The van der Waals surface area contributed by atoms with Crippen molar-refractivity contribution in [2.24, 2.45) is 11.7 Å². The SMILES string of the molecule is CC(C)[C@H]1CNC(=O)n2c1cc(-c1ccc(C3(N)CC3)cc1)c2-c1cccc(OC(F)(F)F)c1. The number of nitrogens with two attached hydrogens (primary N) is 1. The number of fused-ring (bicyclic) bond motifs is 1. The van der Waals surface area contributed by atoms with Crippen LogP contribution in [0.1, 0.15) is 43.9 Å². The maximum absolute atomic E-state index is 13.0. The summed E-state index contributed by atoms with van der Waals surface area (Å²) < 4.78 is 44.4. The highest BCUT2D eigenvalue weighted by Gasteiger charge is 2.40. The summed E-state index contributed by atoms with van der Waals surface area (Å²) in [4.78, 5) is 13.0. The van der Waals surface area contributed by atoms with E-state index in [4.69, 9.17) is 5.73 Å². The molecule has 1 amide bonds. The Morgan fingerprint density at radius 2 is 1.79 bits per heavy atom. The molecule has 1 saturated carbocycles. The van der Waals surface area contributed by atoms with Crippen LogP contribution in [0.5, 0.6) is 5.75 Å². The van der Waals surface area contributed by atoms with E-state index >= 15 is 0 Å². The molecule has 2 aliphatic rings. The van der Waals surface area contributed by atoms with Gasteiger partial charge in [0.05, 0.1) is 5.69 Å². The molecule has 1 aromatic heterocycles. The Morgan fingerprint density at radius 3 is 2.41 bits per heavy atom. The van der Waals surface area contributed by atoms with E-state index in [1.807, 2.05) is 30.3 Å². The number of aromatic nitrogens is 1. The van der Waals surface area contributed by atoms with Crippen molar-refractivity contribution >= 4 is 6.03 Å². The number of hydrogen-bond donors (Lipinski definition) is 2. The zero-order valence-corrected chi connectivity index (χ0v) is 18.9. The molecule has 5 rings (SSSR count). The predicted octanol–water partition coefficient (Wildman–Crippen LogP) is 5.98. The van der Waals surface area contributed by atoms with E-state index < -0.39 is 6.36 Å². The van der Waals surface area contributed by atoms with Crippen LogP contribution in [-0.2, 0) is 5.54 Å². The average molecular weight is 470 g/mol. The van der Waals surface area contributed by atoms with E-state index in [1.165, 1.54) is 18.2 Å². The molecule has 34 heavy (non-hydrogen) atoms. The predicted molar refractivity (Wildman–Crippen MR) is 123 cm³/mol. The minimum atomic E-state index is -4.81. The van der Waals surface area contributed by atoms with E-state index in [-0.39, 0.29) is 29.2 Å². The van der Waals surface area contributed by atoms with Crippen LogP contribution in [0, 0.1) is 5.92 Å². The van der Waals surface area contributed by atoms with Crippen LogP contribution in [0.4, 0.5) is 18.0 Å². The topological polar surface area (TPSA) is 69.3 Å². The summed E-state index contributed by atoms with van der Waals surface area (Å²) in [6.45, 7) is 4.68. The average Bonchev–Trinajstić information content (AvgIpc) is 3.39. The number of nitrogens with zero attached hydrogens (tertiary/aromatic N) is 1. The summed E-state index contributed by atoms with van der Waals surface area (Å²) >= 11 is 0. The third kappa shape index (κ3) is 4.07. The molecule has 2 aromatic carbocycles. The third-order valence-corrected chi connectivity index (χ3v) is 6.79. The summed E-state index contributed by atoms with van der Waals surface area (Å²) in [5.41, 5.74) is 10.6. The number of ether oxygens (including phenoxy) is 1. The van der Waals surface area contributed by atoms with Crippen LogP contribution in [-0.4, -0.2) is 23.5 Å². The first-order valence-corrected chi connectivity index (χ1v) is 11.4. The summed E-state index contributed by atoms with van der Waals surface area (Å²) in [7, 11) is 0. The fourth-order valence-corrected chi connectivity index (χ4v) is 4.73. The van der Waals surface area contributed by atoms with Crippen molar-refractivity contribution in [1.29, 1.82) is 0 Å². The summed E-state index contributed by atoms with van der Waals surface area (Å²) in [6, 6.07) is 15.4. The first kappa shape index (κ1) is 22.5. The van der Waals surface area contributed by atoms with Crippen molar-refractivity contribution < 1.29 is 22.7 Å². The second-order valence-corrected chi connectivity index (χ2v) is 9.51. The smallest absolute Gasteiger partial charge is 0.406 e. The number of rotatable bonds is 5. The molecule has 0 unspecified atom stereocenters. The third-order valence-electron chi connectivity index (χ3n) is 6.79. The first-order valence-electron chi connectivity index (χ1n) is 11.4. The monoisotopic (exact) mass is 469 g/mol. The van der Waals surface area contributed by atoms with Crippen molar-refractivity contribution in [2.45, 2.75) is 44.5 Å². The molecule has 178 valence electrons. The number of alkyl halides is 3. The van der Waals surface area contributed by atoms with E-state index in [0.29, 0.717) is 17.8 Å². The quantitative estimate of drug-likeness (QED) is 0.483. The van der Waals surface area contributed by atoms with E-state index in [9.17, 15) is 18.0 Å².